The first kappa shape index (κ1) is 28.1. The zero-order chi connectivity index (χ0) is 29.8. The zero-order valence-electron chi connectivity index (χ0n) is 24.7. The molecule has 2 amide bonds. The molecule has 6 rings (SSSR count). The van der Waals surface area contributed by atoms with E-state index < -0.39 is 0 Å². The quantitative estimate of drug-likeness (QED) is 0.205. The summed E-state index contributed by atoms with van der Waals surface area (Å²) in [6.45, 7) is 6.07. The molecule has 2 N–H and O–H groups in total. The Hall–Kier alpha value is -5.03. The van der Waals surface area contributed by atoms with E-state index >= 15 is 0 Å². The molecule has 5 heteroatoms. The van der Waals surface area contributed by atoms with Gasteiger partial charge in [0.2, 0.25) is 0 Å². The van der Waals surface area contributed by atoms with E-state index in [2.05, 4.69) is 53.3 Å². The number of amides is 2. The normalized spacial score (nSPS) is 12.0. The van der Waals surface area contributed by atoms with Gasteiger partial charge >= 0.3 is 0 Å². The van der Waals surface area contributed by atoms with Crippen molar-refractivity contribution in [1.29, 1.82) is 0 Å². The number of hydrogen-bond acceptors (Lipinski definition) is 2. The van der Waals surface area contributed by atoms with Crippen molar-refractivity contribution in [2.75, 3.05) is 0 Å². The number of nitrogens with one attached hydrogen (secondary N) is 2. The van der Waals surface area contributed by atoms with Crippen LogP contribution in [-0.4, -0.2) is 11.8 Å². The molecule has 0 unspecified atom stereocenters. The first-order valence-corrected chi connectivity index (χ1v) is 14.9. The van der Waals surface area contributed by atoms with E-state index in [0.29, 0.717) is 24.2 Å². The Kier molecular flexibility index (Phi) is 8.14. The van der Waals surface area contributed by atoms with E-state index in [9.17, 15) is 9.59 Å². The first-order chi connectivity index (χ1) is 21.0. The van der Waals surface area contributed by atoms with E-state index in [1.165, 1.54) is 11.4 Å². The summed E-state index contributed by atoms with van der Waals surface area (Å²) in [6, 6.07) is 35.8. The monoisotopic (exact) mass is 566 g/mol. The number of benzene rings is 4. The van der Waals surface area contributed by atoms with Crippen LogP contribution in [0.4, 0.5) is 0 Å². The highest BCUT2D eigenvalue weighted by Gasteiger charge is 2.30. The van der Waals surface area contributed by atoms with Crippen molar-refractivity contribution < 1.29 is 14.2 Å². The fraction of sp³-hybridized carbons (Fsp3) is 0.184. The summed E-state index contributed by atoms with van der Waals surface area (Å²) in [5.41, 5.74) is 11.5. The van der Waals surface area contributed by atoms with Gasteiger partial charge in [-0.15, -0.1) is 0 Å². The molecule has 1 aromatic heterocycles. The second-order valence-electron chi connectivity index (χ2n) is 11.1. The maximum atomic E-state index is 13.1. The lowest BCUT2D eigenvalue weighted by atomic mass is 9.97. The van der Waals surface area contributed by atoms with Crippen LogP contribution >= 0.6 is 0 Å². The second kappa shape index (κ2) is 12.5. The molecule has 214 valence electrons. The van der Waals surface area contributed by atoms with E-state index in [4.69, 9.17) is 0 Å². The van der Waals surface area contributed by atoms with Crippen molar-refractivity contribution in [1.82, 2.24) is 10.6 Å². The van der Waals surface area contributed by atoms with Gasteiger partial charge in [-0.1, -0.05) is 84.9 Å². The number of fused-ring (bicyclic) bond motifs is 1. The molecule has 2 heterocycles. The largest absolute Gasteiger partial charge is 0.348 e. The first-order valence-electron chi connectivity index (χ1n) is 14.9. The van der Waals surface area contributed by atoms with Gasteiger partial charge in [-0.05, 0) is 59.0 Å². The summed E-state index contributed by atoms with van der Waals surface area (Å²) in [5, 5.41) is 6.31. The van der Waals surface area contributed by atoms with Gasteiger partial charge in [-0.25, -0.2) is 0 Å². The van der Waals surface area contributed by atoms with Crippen LogP contribution in [0.1, 0.15) is 55.2 Å². The van der Waals surface area contributed by atoms with Gasteiger partial charge in [0.15, 0.2) is 11.4 Å². The lowest BCUT2D eigenvalue weighted by Gasteiger charge is -2.17. The average molecular weight is 567 g/mol. The molecule has 0 bridgehead atoms. The average Bonchev–Trinajstić information content (AvgIpc) is 3.56. The Morgan fingerprint density at radius 3 is 1.53 bits per heavy atom. The SMILES string of the molecule is Cc1c(CNC(=O)c2ccc(-c3ccccc3)cc2)c(C)[n+]2c(c1CNC(=O)c1ccc(-c3ccccc3)cc1)CCC2. The van der Waals surface area contributed by atoms with Gasteiger partial charge < -0.3 is 10.6 Å². The van der Waals surface area contributed by atoms with E-state index in [1.807, 2.05) is 84.9 Å². The minimum Gasteiger partial charge on any atom is -0.348 e. The summed E-state index contributed by atoms with van der Waals surface area (Å²) in [4.78, 5) is 26.3. The molecule has 1 aliphatic rings. The van der Waals surface area contributed by atoms with Crippen LogP contribution in [0.5, 0.6) is 0 Å². The van der Waals surface area contributed by atoms with Gasteiger partial charge in [0.1, 0.15) is 6.54 Å². The van der Waals surface area contributed by atoms with Crippen LogP contribution in [0.25, 0.3) is 22.3 Å². The van der Waals surface area contributed by atoms with E-state index in [-0.39, 0.29) is 11.8 Å². The van der Waals surface area contributed by atoms with Crippen LogP contribution in [0.15, 0.2) is 109 Å². The number of carbonyl (C=O) groups excluding carboxylic acids is 2. The lowest BCUT2D eigenvalue weighted by molar-refractivity contribution is -0.697. The fourth-order valence-electron chi connectivity index (χ4n) is 6.12. The van der Waals surface area contributed by atoms with Crippen molar-refractivity contribution in [3.63, 3.8) is 0 Å². The summed E-state index contributed by atoms with van der Waals surface area (Å²) >= 11 is 0. The number of carbonyl (C=O) groups is 2. The van der Waals surface area contributed by atoms with Crippen molar-refractivity contribution in [2.24, 2.45) is 0 Å². The van der Waals surface area contributed by atoms with Crippen molar-refractivity contribution in [2.45, 2.75) is 46.3 Å². The zero-order valence-corrected chi connectivity index (χ0v) is 24.7. The smallest absolute Gasteiger partial charge is 0.251 e. The van der Waals surface area contributed by atoms with Gasteiger partial charge in [-0.2, -0.15) is 4.57 Å². The van der Waals surface area contributed by atoms with Gasteiger partial charge in [-0.3, -0.25) is 9.59 Å². The van der Waals surface area contributed by atoms with Crippen LogP contribution in [-0.2, 0) is 26.1 Å². The Labute approximate surface area is 253 Å². The number of rotatable bonds is 8. The highest BCUT2D eigenvalue weighted by atomic mass is 16.2. The molecule has 0 aliphatic carbocycles. The molecule has 43 heavy (non-hydrogen) atoms. The van der Waals surface area contributed by atoms with Crippen LogP contribution < -0.4 is 15.2 Å². The predicted octanol–water partition coefficient (Wildman–Crippen LogP) is 6.73. The summed E-state index contributed by atoms with van der Waals surface area (Å²) in [7, 11) is 0. The molecule has 1 aliphatic heterocycles. The van der Waals surface area contributed by atoms with Crippen molar-refractivity contribution >= 4 is 11.8 Å². The molecule has 0 radical (unpaired) electrons. The highest BCUT2D eigenvalue weighted by Crippen LogP contribution is 2.24. The Morgan fingerprint density at radius 2 is 1.05 bits per heavy atom. The molecule has 5 nitrogen and oxygen atoms in total. The van der Waals surface area contributed by atoms with E-state index in [1.54, 1.807) is 0 Å². The molecule has 0 spiro atoms. The summed E-state index contributed by atoms with van der Waals surface area (Å²) in [5.74, 6) is -0.192. The number of aromatic nitrogens is 1. The minimum atomic E-state index is -0.0993. The molecular formula is C38H36N3O2+. The maximum Gasteiger partial charge on any atom is 0.251 e. The third-order valence-corrected chi connectivity index (χ3v) is 8.58. The van der Waals surface area contributed by atoms with E-state index in [0.717, 1.165) is 58.3 Å². The van der Waals surface area contributed by atoms with Crippen LogP contribution in [0, 0.1) is 13.8 Å². The lowest BCUT2D eigenvalue weighted by Crippen LogP contribution is -2.41. The Morgan fingerprint density at radius 1 is 0.605 bits per heavy atom. The fourth-order valence-corrected chi connectivity index (χ4v) is 6.12. The Balaban J connectivity index is 1.16. The van der Waals surface area contributed by atoms with Gasteiger partial charge in [0.05, 0.1) is 0 Å². The predicted molar refractivity (Wildman–Crippen MR) is 171 cm³/mol. The molecule has 0 saturated carbocycles. The number of hydrogen-bond donors (Lipinski definition) is 2. The number of pyridine rings is 1. The number of nitrogens with zero attached hydrogens (tertiary/aromatic N) is 1. The third-order valence-electron chi connectivity index (χ3n) is 8.58. The van der Waals surface area contributed by atoms with Crippen LogP contribution in [0.3, 0.4) is 0 Å². The standard InChI is InChI=1S/C38H35N3O2/c1-26-34(24-39-37(42)32-19-15-30(16-20-32)28-10-5-3-6-11-28)27(2)41-23-9-14-36(41)35(26)25-40-38(43)33-21-17-31(18-22-33)29-12-7-4-8-13-29/h3-8,10-13,15-22H,9,14,23-25H2,1-2H3,(H-,39,40,42,43)/p+1. The molecule has 0 fully saturated rings. The van der Waals surface area contributed by atoms with Crippen molar-refractivity contribution in [3.8, 4) is 22.3 Å². The highest BCUT2D eigenvalue weighted by molar-refractivity contribution is 5.95. The van der Waals surface area contributed by atoms with Crippen LogP contribution in [0.2, 0.25) is 0 Å². The second-order valence-corrected chi connectivity index (χ2v) is 11.1. The third kappa shape index (κ3) is 5.98. The minimum absolute atomic E-state index is 0.0925. The van der Waals surface area contributed by atoms with Crippen molar-refractivity contribution in [3.05, 3.63) is 148 Å². The molecule has 5 aromatic rings. The summed E-state index contributed by atoms with van der Waals surface area (Å²) in [6.07, 6.45) is 2.06. The molecule has 0 saturated heterocycles. The molecular weight excluding hydrogens is 530 g/mol. The van der Waals surface area contributed by atoms with Gasteiger partial charge in [0, 0.05) is 55.1 Å². The van der Waals surface area contributed by atoms with Gasteiger partial charge in [0.25, 0.3) is 11.8 Å². The molecule has 4 aromatic carbocycles. The Bertz CT molecular complexity index is 1760. The maximum absolute atomic E-state index is 13.1. The molecule has 0 atom stereocenters. The summed E-state index contributed by atoms with van der Waals surface area (Å²) < 4.78 is 2.36. The topological polar surface area (TPSA) is 62.1 Å².